The second-order valence-electron chi connectivity index (χ2n) is 6.48. The number of hydrogen-bond acceptors (Lipinski definition) is 5. The molecule has 0 saturated carbocycles. The summed E-state index contributed by atoms with van der Waals surface area (Å²) in [5.74, 6) is -0.0779. The smallest absolute Gasteiger partial charge is 0.255 e. The topological polar surface area (TPSA) is 84.9 Å². The summed E-state index contributed by atoms with van der Waals surface area (Å²) in [6.07, 6.45) is 0. The highest BCUT2D eigenvalue weighted by Crippen LogP contribution is 2.26. The molecule has 7 nitrogen and oxygen atoms in total. The van der Waals surface area contributed by atoms with Gasteiger partial charge in [0, 0.05) is 13.1 Å². The van der Waals surface area contributed by atoms with E-state index in [1.54, 1.807) is 0 Å². The van der Waals surface area contributed by atoms with Gasteiger partial charge in [-0.15, -0.1) is 0 Å². The Morgan fingerprint density at radius 1 is 1.14 bits per heavy atom. The normalized spacial score (nSPS) is 16.4. The van der Waals surface area contributed by atoms with Crippen molar-refractivity contribution < 1.29 is 22.7 Å². The van der Waals surface area contributed by atoms with E-state index < -0.39 is 15.9 Å². The summed E-state index contributed by atoms with van der Waals surface area (Å²) in [5.41, 5.74) is 1.13. The molecule has 28 heavy (non-hydrogen) atoms. The summed E-state index contributed by atoms with van der Waals surface area (Å²) in [7, 11) is -2.26. The molecule has 3 rings (SSSR count). The van der Waals surface area contributed by atoms with Gasteiger partial charge in [-0.1, -0.05) is 30.3 Å². The summed E-state index contributed by atoms with van der Waals surface area (Å²) in [6.45, 7) is 3.17. The Balaban J connectivity index is 1.87. The van der Waals surface area contributed by atoms with Crippen molar-refractivity contribution >= 4 is 15.9 Å². The van der Waals surface area contributed by atoms with Crippen LogP contribution in [0.4, 0.5) is 0 Å². The number of amides is 1. The first-order valence-electron chi connectivity index (χ1n) is 9.05. The summed E-state index contributed by atoms with van der Waals surface area (Å²) >= 11 is 0. The lowest BCUT2D eigenvalue weighted by Gasteiger charge is -2.26. The minimum atomic E-state index is -3.71. The monoisotopic (exact) mass is 404 g/mol. The van der Waals surface area contributed by atoms with Crippen LogP contribution in [0, 0.1) is 0 Å². The van der Waals surface area contributed by atoms with Crippen molar-refractivity contribution in [2.75, 3.05) is 33.4 Å². The molecule has 2 aromatic carbocycles. The molecule has 1 amide bonds. The standard InChI is InChI=1S/C20H24N2O5S/c1-15(16-6-4-3-5-7-16)21-20(23)18-14-17(8-9-19(18)26-2)28(24,25)22-10-12-27-13-11-22/h3-9,14-15H,10-13H2,1-2H3,(H,21,23)/t15-/m1/s1. The summed E-state index contributed by atoms with van der Waals surface area (Å²) in [6, 6.07) is 13.6. The molecule has 0 aliphatic carbocycles. The van der Waals surface area contributed by atoms with E-state index >= 15 is 0 Å². The second-order valence-corrected chi connectivity index (χ2v) is 8.42. The van der Waals surface area contributed by atoms with Gasteiger partial charge < -0.3 is 14.8 Å². The van der Waals surface area contributed by atoms with Crippen molar-refractivity contribution in [2.45, 2.75) is 17.9 Å². The van der Waals surface area contributed by atoms with Crippen molar-refractivity contribution in [2.24, 2.45) is 0 Å². The van der Waals surface area contributed by atoms with Crippen molar-refractivity contribution in [3.05, 3.63) is 59.7 Å². The van der Waals surface area contributed by atoms with E-state index in [4.69, 9.17) is 9.47 Å². The highest BCUT2D eigenvalue weighted by atomic mass is 32.2. The number of methoxy groups -OCH3 is 1. The highest BCUT2D eigenvalue weighted by molar-refractivity contribution is 7.89. The molecule has 1 aliphatic rings. The van der Waals surface area contributed by atoms with Gasteiger partial charge in [0.05, 0.1) is 36.8 Å². The Morgan fingerprint density at radius 2 is 1.82 bits per heavy atom. The van der Waals surface area contributed by atoms with Crippen LogP contribution in [0.15, 0.2) is 53.4 Å². The number of rotatable bonds is 6. The molecule has 0 bridgehead atoms. The number of nitrogens with zero attached hydrogens (tertiary/aromatic N) is 1. The largest absolute Gasteiger partial charge is 0.496 e. The van der Waals surface area contributed by atoms with Gasteiger partial charge in [0.1, 0.15) is 5.75 Å². The van der Waals surface area contributed by atoms with Crippen LogP contribution in [-0.4, -0.2) is 52.0 Å². The van der Waals surface area contributed by atoms with E-state index in [1.807, 2.05) is 37.3 Å². The fourth-order valence-corrected chi connectivity index (χ4v) is 4.50. The molecular weight excluding hydrogens is 380 g/mol. The van der Waals surface area contributed by atoms with E-state index in [-0.39, 0.29) is 16.5 Å². The maximum absolute atomic E-state index is 12.9. The molecule has 1 heterocycles. The van der Waals surface area contributed by atoms with Crippen LogP contribution in [-0.2, 0) is 14.8 Å². The second kappa shape index (κ2) is 8.72. The van der Waals surface area contributed by atoms with E-state index in [0.29, 0.717) is 32.1 Å². The van der Waals surface area contributed by atoms with Crippen LogP contribution in [0.25, 0.3) is 0 Å². The molecule has 0 aromatic heterocycles. The molecule has 0 radical (unpaired) electrons. The lowest BCUT2D eigenvalue weighted by molar-refractivity contribution is 0.0730. The Bertz CT molecular complexity index is 925. The van der Waals surface area contributed by atoms with Gasteiger partial charge in [0.15, 0.2) is 0 Å². The van der Waals surface area contributed by atoms with Gasteiger partial charge in [0.2, 0.25) is 10.0 Å². The van der Waals surface area contributed by atoms with Crippen LogP contribution in [0.3, 0.4) is 0 Å². The minimum absolute atomic E-state index is 0.0627. The molecule has 0 spiro atoms. The Labute approximate surface area is 165 Å². The van der Waals surface area contributed by atoms with Crippen LogP contribution in [0.2, 0.25) is 0 Å². The number of carbonyl (C=O) groups excluding carboxylic acids is 1. The van der Waals surface area contributed by atoms with Gasteiger partial charge in [-0.2, -0.15) is 4.31 Å². The first-order chi connectivity index (χ1) is 13.4. The predicted molar refractivity (Wildman–Crippen MR) is 105 cm³/mol. The quantitative estimate of drug-likeness (QED) is 0.798. The first kappa shape index (κ1) is 20.3. The highest BCUT2D eigenvalue weighted by Gasteiger charge is 2.28. The number of sulfonamides is 1. The predicted octanol–water partition coefficient (Wildman–Crippen LogP) is 2.21. The van der Waals surface area contributed by atoms with Crippen molar-refractivity contribution in [1.82, 2.24) is 9.62 Å². The fourth-order valence-electron chi connectivity index (χ4n) is 3.06. The average molecular weight is 404 g/mol. The van der Waals surface area contributed by atoms with Crippen molar-refractivity contribution in [3.63, 3.8) is 0 Å². The van der Waals surface area contributed by atoms with Gasteiger partial charge in [-0.05, 0) is 30.7 Å². The molecule has 1 N–H and O–H groups in total. The van der Waals surface area contributed by atoms with E-state index in [2.05, 4.69) is 5.32 Å². The number of ether oxygens (including phenoxy) is 2. The lowest BCUT2D eigenvalue weighted by Crippen LogP contribution is -2.40. The van der Waals surface area contributed by atoms with Crippen LogP contribution >= 0.6 is 0 Å². The SMILES string of the molecule is COc1ccc(S(=O)(=O)N2CCOCC2)cc1C(=O)N[C@H](C)c1ccccc1. The number of carbonyl (C=O) groups is 1. The Hall–Kier alpha value is -2.42. The molecule has 1 atom stereocenters. The first-order valence-corrected chi connectivity index (χ1v) is 10.5. The zero-order valence-corrected chi connectivity index (χ0v) is 16.7. The number of morpholine rings is 1. The Morgan fingerprint density at radius 3 is 2.46 bits per heavy atom. The van der Waals surface area contributed by atoms with E-state index in [0.717, 1.165) is 5.56 Å². The third kappa shape index (κ3) is 4.35. The lowest BCUT2D eigenvalue weighted by atomic mass is 10.1. The Kier molecular flexibility index (Phi) is 6.33. The van der Waals surface area contributed by atoms with Crippen LogP contribution in [0.1, 0.15) is 28.9 Å². The van der Waals surface area contributed by atoms with Gasteiger partial charge in [-0.3, -0.25) is 4.79 Å². The van der Waals surface area contributed by atoms with Crippen LogP contribution < -0.4 is 10.1 Å². The molecule has 2 aromatic rings. The van der Waals surface area contributed by atoms with Gasteiger partial charge >= 0.3 is 0 Å². The minimum Gasteiger partial charge on any atom is -0.496 e. The third-order valence-electron chi connectivity index (χ3n) is 4.67. The number of benzene rings is 2. The van der Waals surface area contributed by atoms with E-state index in [1.165, 1.54) is 29.6 Å². The molecule has 1 aliphatic heterocycles. The number of nitrogens with one attached hydrogen (secondary N) is 1. The third-order valence-corrected chi connectivity index (χ3v) is 6.57. The van der Waals surface area contributed by atoms with Crippen molar-refractivity contribution in [1.29, 1.82) is 0 Å². The average Bonchev–Trinajstić information content (AvgIpc) is 2.74. The molecular formula is C20H24N2O5S. The van der Waals surface area contributed by atoms with E-state index in [9.17, 15) is 13.2 Å². The maximum atomic E-state index is 12.9. The molecule has 0 unspecified atom stereocenters. The molecule has 8 heteroatoms. The zero-order chi connectivity index (χ0) is 20.1. The fraction of sp³-hybridized carbons (Fsp3) is 0.350. The maximum Gasteiger partial charge on any atom is 0.255 e. The summed E-state index contributed by atoms with van der Waals surface area (Å²) < 4.78 is 37.7. The van der Waals surface area contributed by atoms with Crippen molar-refractivity contribution in [3.8, 4) is 5.75 Å². The molecule has 1 saturated heterocycles. The summed E-state index contributed by atoms with van der Waals surface area (Å²) in [5, 5.41) is 2.90. The molecule has 1 fully saturated rings. The summed E-state index contributed by atoms with van der Waals surface area (Å²) in [4.78, 5) is 12.9. The van der Waals surface area contributed by atoms with Crippen LogP contribution in [0.5, 0.6) is 5.75 Å². The molecule has 150 valence electrons. The number of hydrogen-bond donors (Lipinski definition) is 1. The zero-order valence-electron chi connectivity index (χ0n) is 15.9. The van der Waals surface area contributed by atoms with Gasteiger partial charge in [-0.25, -0.2) is 8.42 Å². The van der Waals surface area contributed by atoms with Gasteiger partial charge in [0.25, 0.3) is 5.91 Å².